The molecule has 3 nitrogen and oxygen atoms in total. The highest BCUT2D eigenvalue weighted by atomic mass is 16.3. The van der Waals surface area contributed by atoms with Crippen LogP contribution >= 0.6 is 0 Å². The lowest BCUT2D eigenvalue weighted by Crippen LogP contribution is -2.02. The van der Waals surface area contributed by atoms with Crippen molar-refractivity contribution in [2.75, 3.05) is 6.61 Å². The molecule has 0 aliphatic heterocycles. The lowest BCUT2D eigenvalue weighted by Gasteiger charge is -2.06. The average molecular weight is 271 g/mol. The van der Waals surface area contributed by atoms with Crippen LogP contribution in [0.4, 0.5) is 0 Å². The van der Waals surface area contributed by atoms with E-state index in [1.807, 2.05) is 6.07 Å². The molecule has 2 aromatic rings. The fraction of sp³-hybridized carbons (Fsp3) is 0.471. The number of rotatable bonds is 7. The predicted molar refractivity (Wildman–Crippen MR) is 80.4 cm³/mol. The second-order valence-electron chi connectivity index (χ2n) is 5.29. The third-order valence-corrected chi connectivity index (χ3v) is 3.45. The second-order valence-corrected chi connectivity index (χ2v) is 5.29. The zero-order valence-electron chi connectivity index (χ0n) is 11.9. The number of oxazole rings is 1. The second kappa shape index (κ2) is 7.12. The zero-order valence-corrected chi connectivity index (χ0v) is 11.9. The summed E-state index contributed by atoms with van der Waals surface area (Å²) in [4.78, 5) is 4.51. The van der Waals surface area contributed by atoms with Gasteiger partial charge >= 0.3 is 0 Å². The molecule has 2 rings (SSSR count). The van der Waals surface area contributed by atoms with Gasteiger partial charge in [-0.3, -0.25) is 0 Å². The van der Waals surface area contributed by atoms with Crippen molar-refractivity contribution < 1.29 is 9.52 Å². The first-order chi connectivity index (χ1) is 9.72. The number of hydrogen-bond donors (Lipinski definition) is 1. The maximum Gasteiger partial charge on any atom is 0.195 e. The fourth-order valence-corrected chi connectivity index (χ4v) is 2.13. The van der Waals surface area contributed by atoms with Crippen molar-refractivity contribution in [1.82, 2.24) is 4.98 Å². The Morgan fingerprint density at radius 2 is 2.25 bits per heavy atom. The van der Waals surface area contributed by atoms with E-state index in [1.54, 1.807) is 0 Å². The third-order valence-electron chi connectivity index (χ3n) is 3.45. The summed E-state index contributed by atoms with van der Waals surface area (Å²) in [5, 5.41) is 9.05. The molecule has 3 heteroatoms. The molecule has 1 heterocycles. The van der Waals surface area contributed by atoms with E-state index in [1.165, 1.54) is 5.56 Å². The van der Waals surface area contributed by atoms with Gasteiger partial charge in [-0.1, -0.05) is 13.0 Å². The van der Waals surface area contributed by atoms with Gasteiger partial charge in [0.2, 0.25) is 0 Å². The van der Waals surface area contributed by atoms with Crippen LogP contribution in [0, 0.1) is 18.3 Å². The number of aliphatic hydroxyl groups excluding tert-OH is 1. The van der Waals surface area contributed by atoms with E-state index < -0.39 is 0 Å². The molecule has 1 atom stereocenters. The van der Waals surface area contributed by atoms with E-state index in [2.05, 4.69) is 30.0 Å². The quantitative estimate of drug-likeness (QED) is 0.620. The Morgan fingerprint density at radius 1 is 1.40 bits per heavy atom. The first kappa shape index (κ1) is 14.6. The normalized spacial score (nSPS) is 12.4. The smallest absolute Gasteiger partial charge is 0.195 e. The monoisotopic (exact) mass is 271 g/mol. The van der Waals surface area contributed by atoms with Gasteiger partial charge in [0.25, 0.3) is 0 Å². The molecule has 0 spiro atoms. The first-order valence-electron chi connectivity index (χ1n) is 7.15. The van der Waals surface area contributed by atoms with Gasteiger partial charge in [0.15, 0.2) is 11.5 Å². The van der Waals surface area contributed by atoms with Crippen molar-refractivity contribution in [2.45, 2.75) is 39.0 Å². The summed E-state index contributed by atoms with van der Waals surface area (Å²) in [5.41, 5.74) is 2.98. The Kier molecular flexibility index (Phi) is 5.20. The number of aromatic nitrogens is 1. The molecule has 1 aromatic heterocycles. The molecule has 0 fully saturated rings. The van der Waals surface area contributed by atoms with Crippen LogP contribution in [0.5, 0.6) is 0 Å². The van der Waals surface area contributed by atoms with E-state index in [-0.39, 0.29) is 6.61 Å². The van der Waals surface area contributed by atoms with Crippen molar-refractivity contribution in [1.29, 1.82) is 0 Å². The van der Waals surface area contributed by atoms with Crippen LogP contribution in [0.25, 0.3) is 11.1 Å². The maximum absolute atomic E-state index is 9.05. The van der Waals surface area contributed by atoms with Crippen LogP contribution in [-0.4, -0.2) is 16.7 Å². The molecule has 0 amide bonds. The number of nitrogens with zero attached hydrogens (tertiary/aromatic N) is 1. The minimum absolute atomic E-state index is 0.242. The molecule has 1 aromatic carbocycles. The highest BCUT2D eigenvalue weighted by Gasteiger charge is 2.07. The van der Waals surface area contributed by atoms with E-state index in [9.17, 15) is 0 Å². The molecular formula is C17H21NO2. The highest BCUT2D eigenvalue weighted by molar-refractivity contribution is 5.73. The summed E-state index contributed by atoms with van der Waals surface area (Å²) < 4.78 is 5.70. The van der Waals surface area contributed by atoms with E-state index >= 15 is 0 Å². The van der Waals surface area contributed by atoms with E-state index in [0.29, 0.717) is 5.92 Å². The predicted octanol–water partition coefficient (Wildman–Crippen LogP) is 3.34. The molecule has 0 aliphatic rings. The summed E-state index contributed by atoms with van der Waals surface area (Å²) in [7, 11) is 0. The van der Waals surface area contributed by atoms with Gasteiger partial charge in [0, 0.05) is 19.4 Å². The summed E-state index contributed by atoms with van der Waals surface area (Å²) in [6.45, 7) is 2.30. The van der Waals surface area contributed by atoms with Crippen LogP contribution in [0.1, 0.15) is 37.6 Å². The molecule has 20 heavy (non-hydrogen) atoms. The summed E-state index contributed by atoms with van der Waals surface area (Å²) in [6, 6.07) is 6.13. The molecule has 1 unspecified atom stereocenters. The number of hydrogen-bond acceptors (Lipinski definition) is 3. The van der Waals surface area contributed by atoms with Gasteiger partial charge in [-0.05, 0) is 42.9 Å². The largest absolute Gasteiger partial charge is 0.441 e. The summed E-state index contributed by atoms with van der Waals surface area (Å²) >= 11 is 0. The number of aryl methyl sites for hydroxylation is 2. The maximum atomic E-state index is 9.05. The van der Waals surface area contributed by atoms with Crippen LogP contribution in [0.3, 0.4) is 0 Å². The number of unbranched alkanes of at least 4 members (excludes halogenated alkanes) is 1. The molecule has 0 saturated carbocycles. The first-order valence-corrected chi connectivity index (χ1v) is 7.15. The van der Waals surface area contributed by atoms with Crippen molar-refractivity contribution in [3.05, 3.63) is 29.7 Å². The lowest BCUT2D eigenvalue weighted by molar-refractivity contribution is 0.230. The van der Waals surface area contributed by atoms with Crippen LogP contribution in [0.15, 0.2) is 22.6 Å². The average Bonchev–Trinajstić information content (AvgIpc) is 2.86. The van der Waals surface area contributed by atoms with Crippen molar-refractivity contribution in [2.24, 2.45) is 5.92 Å². The zero-order chi connectivity index (χ0) is 14.4. The van der Waals surface area contributed by atoms with Gasteiger partial charge in [-0.25, -0.2) is 4.98 Å². The Hall–Kier alpha value is -1.79. The molecule has 0 radical (unpaired) electrons. The standard InChI is InChI=1S/C17H21NO2/c1-3-4-5-6-17-18-15-11-14(8-7-13(2)12-19)9-10-16(15)20-17/h1,9-11,13,19H,4-8,12H2,2H3. The van der Waals surface area contributed by atoms with E-state index in [4.69, 9.17) is 15.9 Å². The van der Waals surface area contributed by atoms with Crippen LogP contribution in [0.2, 0.25) is 0 Å². The van der Waals surface area contributed by atoms with Crippen LogP contribution in [-0.2, 0) is 12.8 Å². The number of fused-ring (bicyclic) bond motifs is 1. The fourth-order valence-electron chi connectivity index (χ4n) is 2.13. The van der Waals surface area contributed by atoms with E-state index in [0.717, 1.165) is 49.1 Å². The van der Waals surface area contributed by atoms with Crippen LogP contribution < -0.4 is 0 Å². The molecule has 0 bridgehead atoms. The minimum atomic E-state index is 0.242. The minimum Gasteiger partial charge on any atom is -0.441 e. The lowest BCUT2D eigenvalue weighted by atomic mass is 10.0. The van der Waals surface area contributed by atoms with Crippen molar-refractivity contribution in [3.8, 4) is 12.3 Å². The van der Waals surface area contributed by atoms with Gasteiger partial charge < -0.3 is 9.52 Å². The van der Waals surface area contributed by atoms with Gasteiger partial charge in [-0.15, -0.1) is 12.3 Å². The topological polar surface area (TPSA) is 46.3 Å². The Bertz CT molecular complexity index is 595. The van der Waals surface area contributed by atoms with Crippen molar-refractivity contribution >= 4 is 11.1 Å². The Morgan fingerprint density at radius 3 is 3.00 bits per heavy atom. The van der Waals surface area contributed by atoms with Gasteiger partial charge in [0.1, 0.15) is 5.52 Å². The van der Waals surface area contributed by atoms with Gasteiger partial charge in [0.05, 0.1) is 0 Å². The molecular weight excluding hydrogens is 250 g/mol. The molecule has 106 valence electrons. The third kappa shape index (κ3) is 3.85. The van der Waals surface area contributed by atoms with Crippen molar-refractivity contribution in [3.63, 3.8) is 0 Å². The SMILES string of the molecule is C#CCCCc1nc2cc(CCC(C)CO)ccc2o1. The molecule has 0 aliphatic carbocycles. The Labute approximate surface area is 120 Å². The Balaban J connectivity index is 2.03. The number of terminal acetylenes is 1. The molecule has 1 N–H and O–H groups in total. The number of benzene rings is 1. The molecule has 0 saturated heterocycles. The summed E-state index contributed by atoms with van der Waals surface area (Å²) in [6.07, 6.45) is 9.62. The van der Waals surface area contributed by atoms with Gasteiger partial charge in [-0.2, -0.15) is 0 Å². The highest BCUT2D eigenvalue weighted by Crippen LogP contribution is 2.20. The summed E-state index contributed by atoms with van der Waals surface area (Å²) in [5.74, 6) is 3.72. The number of aliphatic hydroxyl groups is 1.